The summed E-state index contributed by atoms with van der Waals surface area (Å²) >= 11 is 0. The van der Waals surface area contributed by atoms with Gasteiger partial charge in [0.05, 0.1) is 11.4 Å². The monoisotopic (exact) mass is 330 g/mol. The Morgan fingerprint density at radius 2 is 1.08 bits per heavy atom. The van der Waals surface area contributed by atoms with Gasteiger partial charge >= 0.3 is 0 Å². The van der Waals surface area contributed by atoms with Crippen molar-refractivity contribution in [1.29, 1.82) is 0 Å². The molecule has 0 aliphatic carbocycles. The zero-order chi connectivity index (χ0) is 18.3. The van der Waals surface area contributed by atoms with Gasteiger partial charge in [-0.05, 0) is 85.2 Å². The number of hydrogen-bond acceptors (Lipinski definition) is 2. The first-order valence-electron chi connectivity index (χ1n) is 8.65. The van der Waals surface area contributed by atoms with Crippen LogP contribution < -0.4 is 11.5 Å². The molecule has 0 aliphatic heterocycles. The van der Waals surface area contributed by atoms with Crippen LogP contribution in [0.1, 0.15) is 27.8 Å². The summed E-state index contributed by atoms with van der Waals surface area (Å²) < 4.78 is 0. The minimum atomic E-state index is 0.628. The van der Waals surface area contributed by atoms with E-state index in [1.54, 1.807) is 0 Å². The van der Waals surface area contributed by atoms with Gasteiger partial charge < -0.3 is 11.5 Å². The Morgan fingerprint density at radius 3 is 1.68 bits per heavy atom. The summed E-state index contributed by atoms with van der Waals surface area (Å²) in [5, 5.41) is 0. The van der Waals surface area contributed by atoms with Crippen molar-refractivity contribution in [2.45, 2.75) is 34.6 Å². The fraction of sp³-hybridized carbons (Fsp3) is 0.217. The van der Waals surface area contributed by atoms with Crippen LogP contribution in [0.5, 0.6) is 0 Å². The van der Waals surface area contributed by atoms with Crippen LogP contribution in [0.15, 0.2) is 42.5 Å². The molecule has 0 radical (unpaired) electrons. The highest BCUT2D eigenvalue weighted by atomic mass is 14.7. The number of aryl methyl sites for hydroxylation is 1. The number of nitrogen functional groups attached to an aromatic ring is 2. The lowest BCUT2D eigenvalue weighted by Crippen LogP contribution is -2.04. The number of rotatable bonds is 2. The summed E-state index contributed by atoms with van der Waals surface area (Å²) in [6, 6.07) is 14.4. The summed E-state index contributed by atoms with van der Waals surface area (Å²) in [7, 11) is 0. The van der Waals surface area contributed by atoms with Crippen molar-refractivity contribution in [3.8, 4) is 22.3 Å². The van der Waals surface area contributed by atoms with E-state index in [0.29, 0.717) is 11.4 Å². The fourth-order valence-electron chi connectivity index (χ4n) is 3.64. The predicted molar refractivity (Wildman–Crippen MR) is 110 cm³/mol. The Balaban J connectivity index is 2.51. The van der Waals surface area contributed by atoms with E-state index in [1.165, 1.54) is 44.5 Å². The molecular weight excluding hydrogens is 304 g/mol. The molecular formula is C23H26N2. The van der Waals surface area contributed by atoms with Crippen molar-refractivity contribution < 1.29 is 0 Å². The van der Waals surface area contributed by atoms with E-state index in [0.717, 1.165) is 5.56 Å². The summed E-state index contributed by atoms with van der Waals surface area (Å²) in [5.74, 6) is 0. The summed E-state index contributed by atoms with van der Waals surface area (Å²) in [5.41, 5.74) is 25.0. The molecule has 128 valence electrons. The highest BCUT2D eigenvalue weighted by molar-refractivity contribution is 5.96. The number of hydrogen-bond donors (Lipinski definition) is 2. The molecule has 4 N–H and O–H groups in total. The Hall–Kier alpha value is -2.74. The third-order valence-corrected chi connectivity index (χ3v) is 5.51. The van der Waals surface area contributed by atoms with Crippen molar-refractivity contribution in [3.63, 3.8) is 0 Å². The predicted octanol–water partition coefficient (Wildman–Crippen LogP) is 5.73. The van der Waals surface area contributed by atoms with Gasteiger partial charge in [0.2, 0.25) is 0 Å². The molecule has 0 unspecified atom stereocenters. The molecule has 0 saturated heterocycles. The normalized spacial score (nSPS) is 10.9. The van der Waals surface area contributed by atoms with Crippen LogP contribution in [0.25, 0.3) is 22.3 Å². The molecule has 0 amide bonds. The maximum atomic E-state index is 6.38. The van der Waals surface area contributed by atoms with Crippen LogP contribution in [0.3, 0.4) is 0 Å². The molecule has 3 rings (SSSR count). The maximum absolute atomic E-state index is 6.38. The van der Waals surface area contributed by atoms with E-state index < -0.39 is 0 Å². The number of anilines is 2. The minimum Gasteiger partial charge on any atom is -0.397 e. The molecule has 3 aromatic rings. The molecule has 0 fully saturated rings. The van der Waals surface area contributed by atoms with Gasteiger partial charge in [-0.3, -0.25) is 0 Å². The van der Waals surface area contributed by atoms with Gasteiger partial charge in [-0.1, -0.05) is 36.4 Å². The lowest BCUT2D eigenvalue weighted by molar-refractivity contribution is 1.22. The Bertz CT molecular complexity index is 968. The van der Waals surface area contributed by atoms with E-state index in [-0.39, 0.29) is 0 Å². The first kappa shape index (κ1) is 17.1. The van der Waals surface area contributed by atoms with Gasteiger partial charge in [0.1, 0.15) is 0 Å². The molecule has 0 heterocycles. The highest BCUT2D eigenvalue weighted by Crippen LogP contribution is 2.44. The van der Waals surface area contributed by atoms with E-state index in [1.807, 2.05) is 12.1 Å². The standard InChI is InChI=1S/C23H26N2/c1-13-9-6-7-10-18(13)21-16(4)14(2)15(3)17(5)22(21)19-11-8-12-20(24)23(19)25/h6-12H,24-25H2,1-5H3. The third-order valence-electron chi connectivity index (χ3n) is 5.51. The largest absolute Gasteiger partial charge is 0.397 e. The van der Waals surface area contributed by atoms with Crippen LogP contribution in [0.4, 0.5) is 11.4 Å². The SMILES string of the molecule is Cc1ccccc1-c1c(C)c(C)c(C)c(C)c1-c1cccc(N)c1N. The quantitative estimate of drug-likeness (QED) is 0.590. The second kappa shape index (κ2) is 6.29. The average molecular weight is 330 g/mol. The van der Waals surface area contributed by atoms with Crippen LogP contribution in [0.2, 0.25) is 0 Å². The van der Waals surface area contributed by atoms with Gasteiger partial charge in [-0.15, -0.1) is 0 Å². The van der Waals surface area contributed by atoms with Gasteiger partial charge in [-0.2, -0.15) is 0 Å². The summed E-state index contributed by atoms with van der Waals surface area (Å²) in [6.45, 7) is 10.9. The van der Waals surface area contributed by atoms with E-state index in [2.05, 4.69) is 65.0 Å². The second-order valence-corrected chi connectivity index (χ2v) is 6.87. The highest BCUT2D eigenvalue weighted by Gasteiger charge is 2.20. The summed E-state index contributed by atoms with van der Waals surface area (Å²) in [4.78, 5) is 0. The molecule has 2 nitrogen and oxygen atoms in total. The molecule has 0 aromatic heterocycles. The first-order chi connectivity index (χ1) is 11.8. The lowest BCUT2D eigenvalue weighted by Gasteiger charge is -2.23. The zero-order valence-corrected chi connectivity index (χ0v) is 15.7. The van der Waals surface area contributed by atoms with Crippen LogP contribution in [-0.4, -0.2) is 0 Å². The molecule has 25 heavy (non-hydrogen) atoms. The van der Waals surface area contributed by atoms with Crippen LogP contribution >= 0.6 is 0 Å². The molecule has 2 heteroatoms. The van der Waals surface area contributed by atoms with Crippen molar-refractivity contribution in [1.82, 2.24) is 0 Å². The van der Waals surface area contributed by atoms with Crippen LogP contribution in [0, 0.1) is 34.6 Å². The minimum absolute atomic E-state index is 0.628. The smallest absolute Gasteiger partial charge is 0.0627 e. The van der Waals surface area contributed by atoms with E-state index in [9.17, 15) is 0 Å². The van der Waals surface area contributed by atoms with Gasteiger partial charge in [0, 0.05) is 5.56 Å². The molecule has 3 aromatic carbocycles. The Morgan fingerprint density at radius 1 is 0.560 bits per heavy atom. The molecule has 0 aliphatic rings. The third kappa shape index (κ3) is 2.68. The van der Waals surface area contributed by atoms with E-state index in [4.69, 9.17) is 11.5 Å². The second-order valence-electron chi connectivity index (χ2n) is 6.87. The first-order valence-corrected chi connectivity index (χ1v) is 8.65. The Kier molecular flexibility index (Phi) is 4.30. The molecule has 0 atom stereocenters. The van der Waals surface area contributed by atoms with Crippen molar-refractivity contribution in [2.75, 3.05) is 11.5 Å². The van der Waals surface area contributed by atoms with Gasteiger partial charge in [0.25, 0.3) is 0 Å². The average Bonchev–Trinajstić information content (AvgIpc) is 2.60. The zero-order valence-electron chi connectivity index (χ0n) is 15.7. The van der Waals surface area contributed by atoms with Gasteiger partial charge in [-0.25, -0.2) is 0 Å². The number of para-hydroxylation sites is 1. The topological polar surface area (TPSA) is 52.0 Å². The molecule has 0 saturated carbocycles. The Labute approximate surface area is 150 Å². The van der Waals surface area contributed by atoms with E-state index >= 15 is 0 Å². The summed E-state index contributed by atoms with van der Waals surface area (Å²) in [6.07, 6.45) is 0. The van der Waals surface area contributed by atoms with Crippen molar-refractivity contribution >= 4 is 11.4 Å². The van der Waals surface area contributed by atoms with Gasteiger partial charge in [0.15, 0.2) is 0 Å². The van der Waals surface area contributed by atoms with Crippen LogP contribution in [-0.2, 0) is 0 Å². The maximum Gasteiger partial charge on any atom is 0.0627 e. The van der Waals surface area contributed by atoms with Crippen molar-refractivity contribution in [3.05, 3.63) is 70.3 Å². The fourth-order valence-corrected chi connectivity index (χ4v) is 3.64. The van der Waals surface area contributed by atoms with Crippen molar-refractivity contribution in [2.24, 2.45) is 0 Å². The number of nitrogens with two attached hydrogens (primary N) is 2. The number of benzene rings is 3. The molecule has 0 bridgehead atoms. The molecule has 0 spiro atoms. The lowest BCUT2D eigenvalue weighted by atomic mass is 9.81.